The summed E-state index contributed by atoms with van der Waals surface area (Å²) < 4.78 is 5.36. The van der Waals surface area contributed by atoms with Crippen LogP contribution in [0, 0.1) is 0 Å². The van der Waals surface area contributed by atoms with Gasteiger partial charge in [-0.2, -0.15) is 0 Å². The van der Waals surface area contributed by atoms with Gasteiger partial charge in [0.2, 0.25) is 5.91 Å². The fourth-order valence-electron chi connectivity index (χ4n) is 2.90. The summed E-state index contributed by atoms with van der Waals surface area (Å²) in [6.07, 6.45) is 0. The fraction of sp³-hybridized carbons (Fsp3) is 0.167. The minimum absolute atomic E-state index is 0.0277. The van der Waals surface area contributed by atoms with Gasteiger partial charge in [-0.1, -0.05) is 60.7 Å². The molecule has 0 saturated carbocycles. The lowest BCUT2D eigenvalue weighted by atomic mass is 10.0. The molecule has 30 heavy (non-hydrogen) atoms. The highest BCUT2D eigenvalue weighted by atomic mass is 32.2. The van der Waals surface area contributed by atoms with Crippen LogP contribution in [0.1, 0.15) is 33.7 Å². The molecule has 0 aliphatic heterocycles. The first kappa shape index (κ1) is 21.5. The zero-order valence-corrected chi connectivity index (χ0v) is 17.5. The van der Waals surface area contributed by atoms with Crippen molar-refractivity contribution in [3.8, 4) is 5.75 Å². The smallest absolute Gasteiger partial charge is 0.269 e. The molecule has 0 aliphatic carbocycles. The lowest BCUT2D eigenvalue weighted by Crippen LogP contribution is -2.42. The molecule has 3 rings (SSSR count). The standard InChI is InChI=1S/C24H24N2O3S/c1-2-29-21-15-13-20(14-16-21)24(28)26-25-22(27)17-30-23(18-9-5-3-6-10-18)19-11-7-4-8-12-19/h3-16,23H,2,17H2,1H3,(H,25,27)(H,26,28). The van der Waals surface area contributed by atoms with E-state index in [1.165, 1.54) is 11.8 Å². The van der Waals surface area contributed by atoms with Gasteiger partial charge in [-0.25, -0.2) is 0 Å². The number of thioether (sulfide) groups is 1. The Labute approximate surface area is 180 Å². The Balaban J connectivity index is 1.55. The third-order valence-corrected chi connectivity index (χ3v) is 5.64. The summed E-state index contributed by atoms with van der Waals surface area (Å²) in [5, 5.41) is 0.0277. The number of hydrogen-bond acceptors (Lipinski definition) is 4. The highest BCUT2D eigenvalue weighted by Crippen LogP contribution is 2.35. The molecule has 0 bridgehead atoms. The Morgan fingerprint density at radius 3 is 1.93 bits per heavy atom. The van der Waals surface area contributed by atoms with Crippen LogP contribution >= 0.6 is 11.8 Å². The number of hydrazine groups is 1. The van der Waals surface area contributed by atoms with Gasteiger partial charge >= 0.3 is 0 Å². The third-order valence-electron chi connectivity index (χ3n) is 4.33. The molecule has 0 heterocycles. The molecule has 0 fully saturated rings. The molecular formula is C24H24N2O3S. The summed E-state index contributed by atoms with van der Waals surface area (Å²) in [7, 11) is 0. The van der Waals surface area contributed by atoms with Crippen LogP contribution in [0.4, 0.5) is 0 Å². The topological polar surface area (TPSA) is 67.4 Å². The monoisotopic (exact) mass is 420 g/mol. The Morgan fingerprint density at radius 1 is 0.833 bits per heavy atom. The van der Waals surface area contributed by atoms with Crippen LogP contribution in [0.2, 0.25) is 0 Å². The van der Waals surface area contributed by atoms with Crippen molar-refractivity contribution in [3.05, 3.63) is 102 Å². The Kier molecular flexibility index (Phi) is 7.92. The van der Waals surface area contributed by atoms with Crippen molar-refractivity contribution < 1.29 is 14.3 Å². The molecule has 2 amide bonds. The van der Waals surface area contributed by atoms with E-state index >= 15 is 0 Å². The fourth-order valence-corrected chi connectivity index (χ4v) is 3.99. The summed E-state index contributed by atoms with van der Waals surface area (Å²) in [6.45, 7) is 2.46. The first-order valence-electron chi connectivity index (χ1n) is 9.71. The second-order valence-corrected chi connectivity index (χ2v) is 7.57. The van der Waals surface area contributed by atoms with Crippen LogP contribution < -0.4 is 15.6 Å². The van der Waals surface area contributed by atoms with Gasteiger partial charge in [-0.15, -0.1) is 11.8 Å². The zero-order valence-electron chi connectivity index (χ0n) is 16.7. The number of ether oxygens (including phenoxy) is 1. The van der Waals surface area contributed by atoms with E-state index in [4.69, 9.17) is 4.74 Å². The van der Waals surface area contributed by atoms with Crippen molar-refractivity contribution in [2.24, 2.45) is 0 Å². The number of rotatable bonds is 8. The Bertz CT molecular complexity index is 908. The van der Waals surface area contributed by atoms with E-state index in [2.05, 4.69) is 35.1 Å². The normalized spacial score (nSPS) is 10.5. The van der Waals surface area contributed by atoms with Gasteiger partial charge in [0.05, 0.1) is 17.6 Å². The highest BCUT2D eigenvalue weighted by Gasteiger charge is 2.16. The Morgan fingerprint density at radius 2 is 1.40 bits per heavy atom. The van der Waals surface area contributed by atoms with Crippen molar-refractivity contribution in [2.75, 3.05) is 12.4 Å². The quantitative estimate of drug-likeness (QED) is 0.531. The van der Waals surface area contributed by atoms with E-state index < -0.39 is 0 Å². The minimum atomic E-state index is -0.376. The lowest BCUT2D eigenvalue weighted by molar-refractivity contribution is -0.119. The molecule has 0 radical (unpaired) electrons. The highest BCUT2D eigenvalue weighted by molar-refractivity contribution is 8.00. The molecule has 2 N–H and O–H groups in total. The van der Waals surface area contributed by atoms with E-state index in [-0.39, 0.29) is 22.8 Å². The van der Waals surface area contributed by atoms with Crippen molar-refractivity contribution in [3.63, 3.8) is 0 Å². The van der Waals surface area contributed by atoms with Gasteiger partial charge < -0.3 is 4.74 Å². The summed E-state index contributed by atoms with van der Waals surface area (Å²) >= 11 is 1.51. The molecular weight excluding hydrogens is 396 g/mol. The molecule has 3 aromatic carbocycles. The van der Waals surface area contributed by atoms with E-state index in [0.29, 0.717) is 17.9 Å². The van der Waals surface area contributed by atoms with Crippen molar-refractivity contribution in [2.45, 2.75) is 12.2 Å². The largest absolute Gasteiger partial charge is 0.494 e. The van der Waals surface area contributed by atoms with E-state index in [0.717, 1.165) is 11.1 Å². The molecule has 3 aromatic rings. The number of hydrogen-bond donors (Lipinski definition) is 2. The third kappa shape index (κ3) is 6.12. The van der Waals surface area contributed by atoms with E-state index in [1.807, 2.05) is 43.3 Å². The van der Waals surface area contributed by atoms with Gasteiger partial charge in [-0.3, -0.25) is 20.4 Å². The van der Waals surface area contributed by atoms with Crippen LogP contribution in [0.25, 0.3) is 0 Å². The van der Waals surface area contributed by atoms with Gasteiger partial charge in [0, 0.05) is 5.56 Å². The van der Waals surface area contributed by atoms with Crippen molar-refractivity contribution >= 4 is 23.6 Å². The summed E-state index contributed by atoms with van der Waals surface area (Å²) in [4.78, 5) is 24.5. The summed E-state index contributed by atoms with van der Waals surface area (Å²) in [5.74, 6) is 0.260. The molecule has 154 valence electrons. The maximum Gasteiger partial charge on any atom is 0.269 e. The molecule has 6 heteroatoms. The first-order valence-corrected chi connectivity index (χ1v) is 10.8. The molecule has 0 atom stereocenters. The summed E-state index contributed by atoms with van der Waals surface area (Å²) in [6, 6.07) is 26.9. The second kappa shape index (κ2) is 11.1. The zero-order chi connectivity index (χ0) is 21.2. The Hall–Kier alpha value is -3.25. The molecule has 5 nitrogen and oxygen atoms in total. The van der Waals surface area contributed by atoms with E-state index in [9.17, 15) is 9.59 Å². The molecule has 0 unspecified atom stereocenters. The molecule has 0 aromatic heterocycles. The predicted octanol–water partition coefficient (Wildman–Crippen LogP) is 4.37. The van der Waals surface area contributed by atoms with Gasteiger partial charge in [-0.05, 0) is 42.3 Å². The van der Waals surface area contributed by atoms with Crippen LogP contribution in [0.3, 0.4) is 0 Å². The van der Waals surface area contributed by atoms with Crippen LogP contribution in [0.5, 0.6) is 5.75 Å². The van der Waals surface area contributed by atoms with E-state index in [1.54, 1.807) is 24.3 Å². The van der Waals surface area contributed by atoms with Crippen molar-refractivity contribution in [1.82, 2.24) is 10.9 Å². The maximum absolute atomic E-state index is 12.3. The number of nitrogens with one attached hydrogen (secondary N) is 2. The lowest BCUT2D eigenvalue weighted by Gasteiger charge is -2.17. The number of amides is 2. The predicted molar refractivity (Wildman–Crippen MR) is 120 cm³/mol. The van der Waals surface area contributed by atoms with Gasteiger partial charge in [0.1, 0.15) is 5.75 Å². The van der Waals surface area contributed by atoms with Crippen LogP contribution in [-0.2, 0) is 4.79 Å². The molecule has 0 saturated heterocycles. The van der Waals surface area contributed by atoms with Crippen molar-refractivity contribution in [1.29, 1.82) is 0 Å². The van der Waals surface area contributed by atoms with Gasteiger partial charge in [0.25, 0.3) is 5.91 Å². The average molecular weight is 421 g/mol. The maximum atomic E-state index is 12.3. The number of carbonyl (C=O) groups is 2. The number of benzene rings is 3. The first-order chi connectivity index (χ1) is 14.7. The molecule has 0 aliphatic rings. The SMILES string of the molecule is CCOc1ccc(C(=O)NNC(=O)CSC(c2ccccc2)c2ccccc2)cc1. The van der Waals surface area contributed by atoms with Gasteiger partial charge in [0.15, 0.2) is 0 Å². The minimum Gasteiger partial charge on any atom is -0.494 e. The summed E-state index contributed by atoms with van der Waals surface area (Å²) in [5.41, 5.74) is 7.64. The molecule has 0 spiro atoms. The second-order valence-electron chi connectivity index (χ2n) is 6.47. The number of carbonyl (C=O) groups excluding carboxylic acids is 2. The van der Waals surface area contributed by atoms with Crippen LogP contribution in [0.15, 0.2) is 84.9 Å². The van der Waals surface area contributed by atoms with Crippen LogP contribution in [-0.4, -0.2) is 24.2 Å². The average Bonchev–Trinajstić information content (AvgIpc) is 2.80.